The van der Waals surface area contributed by atoms with Crippen LogP contribution in [0.5, 0.6) is 0 Å². The van der Waals surface area contributed by atoms with Crippen LogP contribution < -0.4 is 0 Å². The van der Waals surface area contributed by atoms with Gasteiger partial charge >= 0.3 is 0 Å². The van der Waals surface area contributed by atoms with Gasteiger partial charge in [0.05, 0.1) is 13.2 Å². The van der Waals surface area contributed by atoms with Crippen LogP contribution >= 0.6 is 0 Å². The first-order valence-corrected chi connectivity index (χ1v) is 6.73. The lowest BCUT2D eigenvalue weighted by atomic mass is 9.84. The van der Waals surface area contributed by atoms with Gasteiger partial charge in [-0.2, -0.15) is 0 Å². The summed E-state index contributed by atoms with van der Waals surface area (Å²) in [5.74, 6) is 0.808. The lowest BCUT2D eigenvalue weighted by molar-refractivity contribution is -0.0138. The van der Waals surface area contributed by atoms with Crippen LogP contribution in [0.15, 0.2) is 0 Å². The standard InChI is InChI=1S/C14H30O2/c1-6-13(4)9-10-14(5,11-15-7-2)12-16-8-3/h13H,6-12H2,1-5H3. The fraction of sp³-hybridized carbons (Fsp3) is 1.00. The maximum atomic E-state index is 5.58. The van der Waals surface area contributed by atoms with Gasteiger partial charge in [-0.1, -0.05) is 33.6 Å². The molecule has 16 heavy (non-hydrogen) atoms. The fourth-order valence-corrected chi connectivity index (χ4v) is 1.68. The summed E-state index contributed by atoms with van der Waals surface area (Å²) in [6, 6.07) is 0. The third kappa shape index (κ3) is 7.24. The van der Waals surface area contributed by atoms with Gasteiger partial charge in [0.1, 0.15) is 0 Å². The molecule has 2 nitrogen and oxygen atoms in total. The van der Waals surface area contributed by atoms with Gasteiger partial charge in [0.2, 0.25) is 0 Å². The summed E-state index contributed by atoms with van der Waals surface area (Å²) in [5, 5.41) is 0. The minimum Gasteiger partial charge on any atom is -0.381 e. The second-order valence-corrected chi connectivity index (χ2v) is 5.14. The van der Waals surface area contributed by atoms with Crippen LogP contribution in [-0.2, 0) is 9.47 Å². The summed E-state index contributed by atoms with van der Waals surface area (Å²) in [6.07, 6.45) is 3.73. The van der Waals surface area contributed by atoms with E-state index in [1.807, 2.05) is 0 Å². The summed E-state index contributed by atoms with van der Waals surface area (Å²) in [4.78, 5) is 0. The van der Waals surface area contributed by atoms with E-state index in [9.17, 15) is 0 Å². The zero-order valence-corrected chi connectivity index (χ0v) is 11.8. The van der Waals surface area contributed by atoms with Crippen LogP contribution in [0.25, 0.3) is 0 Å². The lowest BCUT2D eigenvalue weighted by Crippen LogP contribution is -2.30. The third-order valence-electron chi connectivity index (χ3n) is 3.25. The van der Waals surface area contributed by atoms with Crippen molar-refractivity contribution in [3.63, 3.8) is 0 Å². The van der Waals surface area contributed by atoms with Gasteiger partial charge in [-0.15, -0.1) is 0 Å². The molecule has 0 aromatic heterocycles. The molecule has 0 aliphatic rings. The average molecular weight is 230 g/mol. The quantitative estimate of drug-likeness (QED) is 0.567. The highest BCUT2D eigenvalue weighted by molar-refractivity contribution is 4.74. The molecule has 1 unspecified atom stereocenters. The van der Waals surface area contributed by atoms with Gasteiger partial charge in [-0.05, 0) is 26.2 Å². The molecular formula is C14H30O2. The molecule has 1 atom stereocenters. The van der Waals surface area contributed by atoms with Crippen molar-refractivity contribution in [3.05, 3.63) is 0 Å². The molecular weight excluding hydrogens is 200 g/mol. The first-order valence-electron chi connectivity index (χ1n) is 6.73. The molecule has 0 aromatic rings. The van der Waals surface area contributed by atoms with Gasteiger partial charge in [0, 0.05) is 18.6 Å². The fourth-order valence-electron chi connectivity index (χ4n) is 1.68. The topological polar surface area (TPSA) is 18.5 Å². The molecule has 0 amide bonds. The van der Waals surface area contributed by atoms with Crippen molar-refractivity contribution in [2.24, 2.45) is 11.3 Å². The Morgan fingerprint density at radius 1 is 1.00 bits per heavy atom. The first-order chi connectivity index (χ1) is 7.58. The Morgan fingerprint density at radius 2 is 1.50 bits per heavy atom. The van der Waals surface area contributed by atoms with Crippen LogP contribution in [-0.4, -0.2) is 26.4 Å². The Labute approximate surface area is 102 Å². The second kappa shape index (κ2) is 9.00. The van der Waals surface area contributed by atoms with Crippen molar-refractivity contribution >= 4 is 0 Å². The molecule has 0 heterocycles. The van der Waals surface area contributed by atoms with Crippen LogP contribution in [0.1, 0.15) is 53.9 Å². The third-order valence-corrected chi connectivity index (χ3v) is 3.25. The summed E-state index contributed by atoms with van der Waals surface area (Å²) in [5.41, 5.74) is 0.190. The second-order valence-electron chi connectivity index (χ2n) is 5.14. The summed E-state index contributed by atoms with van der Waals surface area (Å²) in [6.45, 7) is 14.2. The zero-order chi connectivity index (χ0) is 12.4. The minimum atomic E-state index is 0.190. The van der Waals surface area contributed by atoms with Crippen molar-refractivity contribution < 1.29 is 9.47 Å². The highest BCUT2D eigenvalue weighted by Gasteiger charge is 2.25. The van der Waals surface area contributed by atoms with E-state index in [0.29, 0.717) is 0 Å². The molecule has 0 fully saturated rings. The van der Waals surface area contributed by atoms with Gasteiger partial charge < -0.3 is 9.47 Å². The van der Waals surface area contributed by atoms with Crippen molar-refractivity contribution in [2.75, 3.05) is 26.4 Å². The van der Waals surface area contributed by atoms with E-state index < -0.39 is 0 Å². The smallest absolute Gasteiger partial charge is 0.0541 e. The van der Waals surface area contributed by atoms with E-state index in [1.54, 1.807) is 0 Å². The Hall–Kier alpha value is -0.0800. The van der Waals surface area contributed by atoms with E-state index in [0.717, 1.165) is 32.3 Å². The summed E-state index contributed by atoms with van der Waals surface area (Å²) < 4.78 is 11.2. The summed E-state index contributed by atoms with van der Waals surface area (Å²) >= 11 is 0. The number of rotatable bonds is 10. The molecule has 0 spiro atoms. The Bertz CT molecular complexity index is 149. The van der Waals surface area contributed by atoms with E-state index >= 15 is 0 Å². The molecule has 0 aliphatic heterocycles. The first kappa shape index (κ1) is 15.9. The number of hydrogen-bond acceptors (Lipinski definition) is 2. The van der Waals surface area contributed by atoms with E-state index in [2.05, 4.69) is 34.6 Å². The Kier molecular flexibility index (Phi) is 8.96. The maximum Gasteiger partial charge on any atom is 0.0541 e. The normalized spacial score (nSPS) is 14.1. The van der Waals surface area contributed by atoms with Crippen molar-refractivity contribution in [1.29, 1.82) is 0 Å². The monoisotopic (exact) mass is 230 g/mol. The van der Waals surface area contributed by atoms with Crippen molar-refractivity contribution in [1.82, 2.24) is 0 Å². The maximum absolute atomic E-state index is 5.58. The van der Waals surface area contributed by atoms with Crippen LogP contribution in [0.2, 0.25) is 0 Å². The molecule has 0 N–H and O–H groups in total. The van der Waals surface area contributed by atoms with E-state index in [-0.39, 0.29) is 5.41 Å². The van der Waals surface area contributed by atoms with E-state index in [4.69, 9.17) is 9.47 Å². The number of hydrogen-bond donors (Lipinski definition) is 0. The molecule has 0 bridgehead atoms. The molecule has 2 heteroatoms. The molecule has 0 aliphatic carbocycles. The highest BCUT2D eigenvalue weighted by Crippen LogP contribution is 2.27. The lowest BCUT2D eigenvalue weighted by Gasteiger charge is -2.30. The van der Waals surface area contributed by atoms with E-state index in [1.165, 1.54) is 19.3 Å². The van der Waals surface area contributed by atoms with Gasteiger partial charge in [0.15, 0.2) is 0 Å². The average Bonchev–Trinajstić information content (AvgIpc) is 2.31. The summed E-state index contributed by atoms with van der Waals surface area (Å²) in [7, 11) is 0. The molecule has 0 radical (unpaired) electrons. The highest BCUT2D eigenvalue weighted by atomic mass is 16.5. The molecule has 0 saturated carbocycles. The van der Waals surface area contributed by atoms with Crippen molar-refractivity contribution in [3.8, 4) is 0 Å². The van der Waals surface area contributed by atoms with Crippen LogP contribution in [0, 0.1) is 11.3 Å². The van der Waals surface area contributed by atoms with Crippen molar-refractivity contribution in [2.45, 2.75) is 53.9 Å². The van der Waals surface area contributed by atoms with Crippen LogP contribution in [0.4, 0.5) is 0 Å². The zero-order valence-electron chi connectivity index (χ0n) is 11.8. The minimum absolute atomic E-state index is 0.190. The predicted molar refractivity (Wildman–Crippen MR) is 69.8 cm³/mol. The number of ether oxygens (including phenoxy) is 2. The largest absolute Gasteiger partial charge is 0.381 e. The SMILES string of the molecule is CCOCC(C)(CCC(C)CC)COCC. The molecule has 0 aromatic carbocycles. The molecule has 0 rings (SSSR count). The Morgan fingerprint density at radius 3 is 1.88 bits per heavy atom. The van der Waals surface area contributed by atoms with Gasteiger partial charge in [-0.3, -0.25) is 0 Å². The predicted octanol–water partition coefficient (Wildman–Crippen LogP) is 3.89. The Balaban J connectivity index is 4.06. The molecule has 98 valence electrons. The van der Waals surface area contributed by atoms with Gasteiger partial charge in [0.25, 0.3) is 0 Å². The van der Waals surface area contributed by atoms with Gasteiger partial charge in [-0.25, -0.2) is 0 Å². The molecule has 0 saturated heterocycles. The van der Waals surface area contributed by atoms with Crippen LogP contribution in [0.3, 0.4) is 0 Å².